The van der Waals surface area contributed by atoms with Gasteiger partial charge in [0.2, 0.25) is 10.0 Å². The molecule has 164 valence electrons. The molecular weight excluding hydrogens is 429 g/mol. The first kappa shape index (κ1) is 25.1. The number of carbonyl (C=O) groups is 2. The minimum absolute atomic E-state index is 0.0551. The van der Waals surface area contributed by atoms with Crippen molar-refractivity contribution in [1.29, 1.82) is 0 Å². The number of rotatable bonds is 6. The molecule has 0 aliphatic heterocycles. The van der Waals surface area contributed by atoms with Crippen LogP contribution in [0.1, 0.15) is 0 Å². The molecule has 0 bridgehead atoms. The molecule has 2 aromatic rings. The Kier molecular flexibility index (Phi) is 8.95. The summed E-state index contributed by atoms with van der Waals surface area (Å²) in [6.07, 6.45) is -5.08. The van der Waals surface area contributed by atoms with Crippen molar-refractivity contribution in [1.82, 2.24) is 4.72 Å². The number of hydrogen-bond donors (Lipinski definition) is 3. The van der Waals surface area contributed by atoms with Gasteiger partial charge in [0.25, 0.3) is 0 Å². The lowest BCUT2D eigenvalue weighted by Crippen LogP contribution is -2.46. The van der Waals surface area contributed by atoms with Crippen LogP contribution in [0.25, 0.3) is 11.1 Å². The number of sulfonamides is 1. The molecule has 8 nitrogen and oxygen atoms in total. The number of carbonyl (C=O) groups excluding carboxylic acids is 1. The molecule has 0 aromatic heterocycles. The molecule has 0 spiro atoms. The first-order chi connectivity index (χ1) is 13.9. The summed E-state index contributed by atoms with van der Waals surface area (Å²) in [5.74, 6) is -3.48. The van der Waals surface area contributed by atoms with E-state index < -0.39 is 34.2 Å². The molecule has 2 aromatic carbocycles. The van der Waals surface area contributed by atoms with Crippen LogP contribution in [0.4, 0.5) is 13.2 Å². The smallest absolute Gasteiger partial charge is 0.475 e. The number of hydrogen-bond acceptors (Lipinski definition) is 6. The number of aliphatic carboxylic acids is 1. The van der Waals surface area contributed by atoms with Crippen LogP contribution in [0.2, 0.25) is 0 Å². The summed E-state index contributed by atoms with van der Waals surface area (Å²) in [7, 11) is -2.68. The molecule has 0 radical (unpaired) electrons. The zero-order valence-electron chi connectivity index (χ0n) is 15.6. The van der Waals surface area contributed by atoms with E-state index in [1.165, 1.54) is 19.2 Å². The third kappa shape index (κ3) is 7.46. The molecule has 0 aliphatic carbocycles. The van der Waals surface area contributed by atoms with Crippen molar-refractivity contribution in [2.75, 3.05) is 13.7 Å². The van der Waals surface area contributed by atoms with Gasteiger partial charge >= 0.3 is 18.1 Å². The molecule has 1 atom stereocenters. The highest BCUT2D eigenvalue weighted by molar-refractivity contribution is 7.89. The van der Waals surface area contributed by atoms with Crippen LogP contribution in [-0.2, 0) is 24.3 Å². The molecule has 12 heteroatoms. The molecule has 0 aliphatic rings. The molecule has 2 rings (SSSR count). The molecule has 0 fully saturated rings. The van der Waals surface area contributed by atoms with E-state index in [1.54, 1.807) is 12.1 Å². The van der Waals surface area contributed by atoms with Crippen molar-refractivity contribution in [2.24, 2.45) is 5.73 Å². The van der Waals surface area contributed by atoms with E-state index >= 15 is 0 Å². The fourth-order valence-corrected chi connectivity index (χ4v) is 3.24. The maximum atomic E-state index is 12.3. The second-order valence-corrected chi connectivity index (χ2v) is 7.34. The van der Waals surface area contributed by atoms with Gasteiger partial charge in [0.1, 0.15) is 6.04 Å². The Morgan fingerprint density at radius 1 is 1.07 bits per heavy atom. The van der Waals surface area contributed by atoms with Crippen LogP contribution in [0.5, 0.6) is 0 Å². The molecule has 0 unspecified atom stereocenters. The summed E-state index contributed by atoms with van der Waals surface area (Å²) >= 11 is 0. The zero-order valence-corrected chi connectivity index (χ0v) is 16.4. The Bertz CT molecular complexity index is 948. The maximum absolute atomic E-state index is 12.3. The van der Waals surface area contributed by atoms with Crippen LogP contribution in [0, 0.1) is 0 Å². The third-order valence-electron chi connectivity index (χ3n) is 3.53. The number of methoxy groups -OCH3 is 1. The van der Waals surface area contributed by atoms with Crippen LogP contribution in [0.3, 0.4) is 0 Å². The van der Waals surface area contributed by atoms with Gasteiger partial charge in [-0.2, -0.15) is 17.9 Å². The molecule has 0 amide bonds. The molecule has 30 heavy (non-hydrogen) atoms. The molecular formula is C18H19F3N2O6S. The van der Waals surface area contributed by atoms with Crippen molar-refractivity contribution in [2.45, 2.75) is 17.1 Å². The van der Waals surface area contributed by atoms with E-state index in [9.17, 15) is 26.4 Å². The highest BCUT2D eigenvalue weighted by Crippen LogP contribution is 2.21. The zero-order chi connectivity index (χ0) is 22.9. The molecule has 0 saturated heterocycles. The number of nitrogens with two attached hydrogens (primary N) is 1. The largest absolute Gasteiger partial charge is 0.490 e. The maximum Gasteiger partial charge on any atom is 0.490 e. The standard InChI is InChI=1S/C16H18N2O4S.C2HF3O2/c1-22-16(19)15(11-17)18-23(20,21)14-9-7-13(8-10-14)12-5-3-2-4-6-12;3-2(4,5)1(6)7/h2-10,15,18H,11,17H2,1H3;(H,6,7)/t15-;/m0./s1. The SMILES string of the molecule is COC(=O)[C@H](CN)NS(=O)(=O)c1ccc(-c2ccccc2)cc1.O=C(O)C(F)(F)F. The van der Waals surface area contributed by atoms with Crippen LogP contribution < -0.4 is 10.5 Å². The van der Waals surface area contributed by atoms with E-state index in [-0.39, 0.29) is 11.4 Å². The summed E-state index contributed by atoms with van der Waals surface area (Å²) in [5, 5.41) is 7.12. The van der Waals surface area contributed by atoms with E-state index in [2.05, 4.69) is 9.46 Å². The number of carboxylic acid groups (broad SMARTS) is 1. The van der Waals surface area contributed by atoms with Gasteiger partial charge in [0.05, 0.1) is 12.0 Å². The Morgan fingerprint density at radius 3 is 1.93 bits per heavy atom. The number of alkyl halides is 3. The number of halogens is 3. The monoisotopic (exact) mass is 448 g/mol. The first-order valence-electron chi connectivity index (χ1n) is 8.18. The minimum atomic E-state index is -5.08. The minimum Gasteiger partial charge on any atom is -0.475 e. The van der Waals surface area contributed by atoms with Gasteiger partial charge in [-0.3, -0.25) is 4.79 Å². The average molecular weight is 448 g/mol. The van der Waals surface area contributed by atoms with Crippen molar-refractivity contribution in [3.05, 3.63) is 54.6 Å². The highest BCUT2D eigenvalue weighted by Gasteiger charge is 2.38. The third-order valence-corrected chi connectivity index (χ3v) is 5.02. The number of benzene rings is 2. The van der Waals surface area contributed by atoms with Crippen LogP contribution in [0.15, 0.2) is 59.5 Å². The highest BCUT2D eigenvalue weighted by atomic mass is 32.2. The number of nitrogens with one attached hydrogen (secondary N) is 1. The summed E-state index contributed by atoms with van der Waals surface area (Å²) in [5.41, 5.74) is 7.29. The summed E-state index contributed by atoms with van der Waals surface area (Å²) < 4.78 is 63.1. The average Bonchev–Trinajstić information content (AvgIpc) is 2.72. The number of esters is 1. The van der Waals surface area contributed by atoms with Crippen molar-refractivity contribution in [3.63, 3.8) is 0 Å². The van der Waals surface area contributed by atoms with E-state index in [4.69, 9.17) is 15.6 Å². The van der Waals surface area contributed by atoms with E-state index in [0.29, 0.717) is 0 Å². The second kappa shape index (κ2) is 10.7. The van der Waals surface area contributed by atoms with Crippen molar-refractivity contribution >= 4 is 22.0 Å². The van der Waals surface area contributed by atoms with E-state index in [1.807, 2.05) is 30.3 Å². The summed E-state index contributed by atoms with van der Waals surface area (Å²) in [6.45, 7) is -0.187. The lowest BCUT2D eigenvalue weighted by atomic mass is 10.1. The first-order valence-corrected chi connectivity index (χ1v) is 9.66. The Morgan fingerprint density at radius 2 is 1.53 bits per heavy atom. The summed E-state index contributed by atoms with van der Waals surface area (Å²) in [6, 6.07) is 14.9. The lowest BCUT2D eigenvalue weighted by molar-refractivity contribution is -0.192. The predicted molar refractivity (Wildman–Crippen MR) is 101 cm³/mol. The van der Waals surface area contributed by atoms with Crippen LogP contribution in [-0.4, -0.2) is 51.3 Å². The molecule has 0 saturated carbocycles. The van der Waals surface area contributed by atoms with E-state index in [0.717, 1.165) is 11.1 Å². The molecule has 0 heterocycles. The fraction of sp³-hybridized carbons (Fsp3) is 0.222. The normalized spacial score (nSPS) is 12.3. The molecule has 4 N–H and O–H groups in total. The van der Waals surface area contributed by atoms with Gasteiger partial charge in [-0.25, -0.2) is 13.2 Å². The van der Waals surface area contributed by atoms with Gasteiger partial charge < -0.3 is 15.6 Å². The van der Waals surface area contributed by atoms with Gasteiger partial charge in [-0.05, 0) is 23.3 Å². The van der Waals surface area contributed by atoms with Gasteiger partial charge in [-0.15, -0.1) is 0 Å². The second-order valence-electron chi connectivity index (χ2n) is 5.63. The fourth-order valence-electron chi connectivity index (χ4n) is 2.05. The Balaban J connectivity index is 0.000000553. The topological polar surface area (TPSA) is 136 Å². The number of carboxylic acids is 1. The predicted octanol–water partition coefficient (Wildman–Crippen LogP) is 1.77. The van der Waals surface area contributed by atoms with Crippen molar-refractivity contribution in [3.8, 4) is 11.1 Å². The Hall–Kier alpha value is -2.96. The lowest BCUT2D eigenvalue weighted by Gasteiger charge is -2.14. The number of ether oxygens (including phenoxy) is 1. The van der Waals surface area contributed by atoms with Crippen molar-refractivity contribution < 1.29 is 41.0 Å². The summed E-state index contributed by atoms with van der Waals surface area (Å²) in [4.78, 5) is 20.4. The quantitative estimate of drug-likeness (QED) is 0.573. The van der Waals surface area contributed by atoms with Crippen LogP contribution >= 0.6 is 0 Å². The Labute approximate surface area is 170 Å². The van der Waals surface area contributed by atoms with Gasteiger partial charge in [0.15, 0.2) is 0 Å². The van der Waals surface area contributed by atoms with Gasteiger partial charge in [0, 0.05) is 6.54 Å². The van der Waals surface area contributed by atoms with Gasteiger partial charge in [-0.1, -0.05) is 42.5 Å².